The number of fused-ring (bicyclic) bond motifs is 1. The molecule has 0 spiro atoms. The third-order valence-corrected chi connectivity index (χ3v) is 5.11. The van der Waals surface area contributed by atoms with Crippen LogP contribution >= 0.6 is 11.6 Å². The average Bonchev–Trinajstić information content (AvgIpc) is 3.18. The highest BCUT2D eigenvalue weighted by Crippen LogP contribution is 2.31. The molecule has 1 N–H and O–H groups in total. The fourth-order valence-electron chi connectivity index (χ4n) is 3.25. The Bertz CT molecular complexity index is 1350. The Morgan fingerprint density at radius 3 is 2.69 bits per heavy atom. The van der Waals surface area contributed by atoms with Gasteiger partial charge in [0.05, 0.1) is 16.8 Å². The smallest absolute Gasteiger partial charge is 0.356 e. The normalized spacial score (nSPS) is 11.0. The Morgan fingerprint density at radius 2 is 2.03 bits per heavy atom. The zero-order valence-electron chi connectivity index (χ0n) is 15.3. The van der Waals surface area contributed by atoms with E-state index in [-0.39, 0.29) is 17.1 Å². The number of aromatic carboxylic acids is 1. The van der Waals surface area contributed by atoms with Crippen molar-refractivity contribution in [3.05, 3.63) is 64.3 Å². The minimum absolute atomic E-state index is 0.106. The number of aryl methyl sites for hydroxylation is 1. The molecule has 0 aliphatic carbocycles. The summed E-state index contributed by atoms with van der Waals surface area (Å²) in [5, 5.41) is 23.9. The van der Waals surface area contributed by atoms with Crippen molar-refractivity contribution < 1.29 is 14.3 Å². The summed E-state index contributed by atoms with van der Waals surface area (Å²) >= 11 is 6.31. The molecule has 0 bridgehead atoms. The molecule has 4 aromatic rings. The van der Waals surface area contributed by atoms with Crippen molar-refractivity contribution >= 4 is 28.5 Å². The molecule has 0 amide bonds. The first kappa shape index (κ1) is 18.7. The first-order chi connectivity index (χ1) is 13.8. The quantitative estimate of drug-likeness (QED) is 0.549. The molecule has 0 unspecified atom stereocenters. The zero-order chi connectivity index (χ0) is 20.9. The predicted molar refractivity (Wildman–Crippen MR) is 105 cm³/mol. The number of imidazole rings is 1. The fourth-order valence-corrected chi connectivity index (χ4v) is 3.44. The van der Waals surface area contributed by atoms with Crippen LogP contribution < -0.4 is 0 Å². The number of hydrogen-bond donors (Lipinski definition) is 1. The van der Waals surface area contributed by atoms with Crippen molar-refractivity contribution in [2.24, 2.45) is 7.05 Å². The lowest BCUT2D eigenvalue weighted by Crippen LogP contribution is -2.02. The number of carboxylic acid groups (broad SMARTS) is 1. The van der Waals surface area contributed by atoms with Crippen LogP contribution in [0.15, 0.2) is 36.4 Å². The second-order valence-corrected chi connectivity index (χ2v) is 6.79. The van der Waals surface area contributed by atoms with E-state index < -0.39 is 11.8 Å². The number of carbonyl (C=O) groups is 1. The molecular formula is C20H13ClFN5O2. The minimum atomic E-state index is -1.20. The van der Waals surface area contributed by atoms with Crippen LogP contribution in [-0.4, -0.2) is 30.4 Å². The van der Waals surface area contributed by atoms with Gasteiger partial charge in [-0.2, -0.15) is 10.4 Å². The van der Waals surface area contributed by atoms with E-state index in [4.69, 9.17) is 16.9 Å². The van der Waals surface area contributed by atoms with Crippen molar-refractivity contribution in [2.45, 2.75) is 6.92 Å². The Balaban J connectivity index is 2.00. The molecule has 0 radical (unpaired) electrons. The van der Waals surface area contributed by atoms with Gasteiger partial charge in [0.2, 0.25) is 0 Å². The average molecular weight is 410 g/mol. The maximum absolute atomic E-state index is 14.2. The third-order valence-electron chi connectivity index (χ3n) is 4.66. The molecule has 0 saturated heterocycles. The highest BCUT2D eigenvalue weighted by atomic mass is 35.5. The summed E-state index contributed by atoms with van der Waals surface area (Å²) in [5.74, 6) is -1.67. The van der Waals surface area contributed by atoms with Crippen LogP contribution in [0.3, 0.4) is 0 Å². The summed E-state index contributed by atoms with van der Waals surface area (Å²) in [6.45, 7) is 1.62. The molecule has 0 fully saturated rings. The summed E-state index contributed by atoms with van der Waals surface area (Å²) in [6, 6.07) is 11.1. The number of nitriles is 1. The van der Waals surface area contributed by atoms with Gasteiger partial charge in [0.15, 0.2) is 5.69 Å². The Labute approximate surface area is 169 Å². The number of hydrogen-bond acceptors (Lipinski definition) is 4. The summed E-state index contributed by atoms with van der Waals surface area (Å²) in [5.41, 5.74) is 1.74. The molecule has 29 heavy (non-hydrogen) atoms. The lowest BCUT2D eigenvalue weighted by Gasteiger charge is -2.11. The fraction of sp³-hybridized carbons (Fsp3) is 0.100. The maximum atomic E-state index is 14.2. The zero-order valence-corrected chi connectivity index (χ0v) is 16.1. The van der Waals surface area contributed by atoms with Gasteiger partial charge in [-0.25, -0.2) is 14.2 Å². The van der Waals surface area contributed by atoms with Crippen LogP contribution in [0.5, 0.6) is 0 Å². The van der Waals surface area contributed by atoms with Crippen LogP contribution in [0.25, 0.3) is 28.0 Å². The number of carboxylic acids is 1. The molecular weight excluding hydrogens is 397 g/mol. The van der Waals surface area contributed by atoms with Gasteiger partial charge < -0.3 is 5.11 Å². The monoisotopic (exact) mass is 409 g/mol. The SMILES string of the molecule is Cc1c(C(=O)O)nc(-c2ccc(C#N)c(F)c2)n1-c1ccc2nn(C)c(Cl)c2c1. The molecule has 2 heterocycles. The highest BCUT2D eigenvalue weighted by molar-refractivity contribution is 6.34. The van der Waals surface area contributed by atoms with E-state index in [9.17, 15) is 14.3 Å². The molecule has 7 nitrogen and oxygen atoms in total. The van der Waals surface area contributed by atoms with Gasteiger partial charge in [0.1, 0.15) is 22.9 Å². The molecule has 0 atom stereocenters. The highest BCUT2D eigenvalue weighted by Gasteiger charge is 2.22. The Kier molecular flexibility index (Phi) is 4.32. The summed E-state index contributed by atoms with van der Waals surface area (Å²) < 4.78 is 17.4. The van der Waals surface area contributed by atoms with Gasteiger partial charge in [-0.15, -0.1) is 0 Å². The van der Waals surface area contributed by atoms with Crippen molar-refractivity contribution in [1.29, 1.82) is 5.26 Å². The molecule has 0 aliphatic rings. The topological polar surface area (TPSA) is 96.7 Å². The number of aromatic nitrogens is 4. The van der Waals surface area contributed by atoms with E-state index in [1.165, 1.54) is 16.8 Å². The van der Waals surface area contributed by atoms with Crippen LogP contribution in [-0.2, 0) is 7.05 Å². The standard InChI is InChI=1S/C20H13ClFN5O2/c1-10-17(20(28)29)24-19(11-3-4-12(9-23)15(22)7-11)27(10)13-5-6-16-14(8-13)18(21)26(2)25-16/h3-8H,1-2H3,(H,28,29). The maximum Gasteiger partial charge on any atom is 0.356 e. The van der Waals surface area contributed by atoms with Crippen LogP contribution in [0.4, 0.5) is 4.39 Å². The number of nitrogens with zero attached hydrogens (tertiary/aromatic N) is 5. The van der Waals surface area contributed by atoms with E-state index in [2.05, 4.69) is 10.1 Å². The first-order valence-corrected chi connectivity index (χ1v) is 8.85. The van der Waals surface area contributed by atoms with Crippen molar-refractivity contribution in [3.63, 3.8) is 0 Å². The van der Waals surface area contributed by atoms with E-state index in [1.54, 1.807) is 42.8 Å². The Hall–Kier alpha value is -3.70. The predicted octanol–water partition coefficient (Wildman–Crippen LogP) is 4.10. The van der Waals surface area contributed by atoms with Crippen LogP contribution in [0.2, 0.25) is 5.15 Å². The molecule has 0 aliphatic heterocycles. The number of rotatable bonds is 3. The van der Waals surface area contributed by atoms with Gasteiger partial charge >= 0.3 is 5.97 Å². The second kappa shape index (κ2) is 6.72. The Morgan fingerprint density at radius 1 is 1.28 bits per heavy atom. The molecule has 2 aromatic heterocycles. The van der Waals surface area contributed by atoms with E-state index >= 15 is 0 Å². The van der Waals surface area contributed by atoms with Crippen LogP contribution in [0, 0.1) is 24.1 Å². The first-order valence-electron chi connectivity index (χ1n) is 8.47. The minimum Gasteiger partial charge on any atom is -0.476 e. The molecule has 144 valence electrons. The molecule has 4 rings (SSSR count). The summed E-state index contributed by atoms with van der Waals surface area (Å²) in [6.07, 6.45) is 0. The van der Waals surface area contributed by atoms with Gasteiger partial charge in [-0.1, -0.05) is 11.6 Å². The number of halogens is 2. The molecule has 0 saturated carbocycles. The van der Waals surface area contributed by atoms with Crippen molar-refractivity contribution in [3.8, 4) is 23.1 Å². The van der Waals surface area contributed by atoms with Gasteiger partial charge in [0, 0.05) is 23.7 Å². The lowest BCUT2D eigenvalue weighted by atomic mass is 10.1. The largest absolute Gasteiger partial charge is 0.476 e. The van der Waals surface area contributed by atoms with E-state index in [0.717, 1.165) is 6.07 Å². The van der Waals surface area contributed by atoms with Gasteiger partial charge in [0.25, 0.3) is 0 Å². The van der Waals surface area contributed by atoms with Crippen molar-refractivity contribution in [1.82, 2.24) is 19.3 Å². The number of benzene rings is 2. The molecule has 9 heteroatoms. The van der Waals surface area contributed by atoms with Gasteiger partial charge in [-0.05, 0) is 43.3 Å². The lowest BCUT2D eigenvalue weighted by molar-refractivity contribution is 0.0690. The third kappa shape index (κ3) is 2.92. The summed E-state index contributed by atoms with van der Waals surface area (Å²) in [7, 11) is 1.72. The van der Waals surface area contributed by atoms with E-state index in [0.29, 0.717) is 33.0 Å². The van der Waals surface area contributed by atoms with E-state index in [1.807, 2.05) is 0 Å². The summed E-state index contributed by atoms with van der Waals surface area (Å²) in [4.78, 5) is 15.9. The van der Waals surface area contributed by atoms with Gasteiger partial charge in [-0.3, -0.25) is 9.25 Å². The molecule has 2 aromatic carbocycles. The second-order valence-electron chi connectivity index (χ2n) is 6.43. The van der Waals surface area contributed by atoms with Crippen molar-refractivity contribution in [2.75, 3.05) is 0 Å². The van der Waals surface area contributed by atoms with Crippen LogP contribution in [0.1, 0.15) is 21.7 Å².